The van der Waals surface area contributed by atoms with E-state index in [0.29, 0.717) is 0 Å². The Hall–Kier alpha value is 0.463. The summed E-state index contributed by atoms with van der Waals surface area (Å²) in [4.78, 5) is 0. The quantitative estimate of drug-likeness (QED) is 0.429. The molecule has 3 heteroatoms. The molecule has 0 aromatic carbocycles. The van der Waals surface area contributed by atoms with Crippen molar-refractivity contribution in [2.75, 3.05) is 0 Å². The molecule has 0 unspecified atom stereocenters. The van der Waals surface area contributed by atoms with Crippen molar-refractivity contribution in [3.05, 3.63) is 0 Å². The van der Waals surface area contributed by atoms with E-state index in [2.05, 4.69) is 27.7 Å². The van der Waals surface area contributed by atoms with E-state index in [9.17, 15) is 0 Å². The van der Waals surface area contributed by atoms with Gasteiger partial charge in [-0.25, -0.2) is 0 Å². The summed E-state index contributed by atoms with van der Waals surface area (Å²) >= 11 is -0.271. The summed E-state index contributed by atoms with van der Waals surface area (Å²) in [6.45, 7) is 8.55. The van der Waals surface area contributed by atoms with E-state index in [1.165, 1.54) is 0 Å². The monoisotopic (exact) mass is 202 g/mol. The summed E-state index contributed by atoms with van der Waals surface area (Å²) in [5.41, 5.74) is 0.102. The molecule has 0 amide bonds. The molecule has 2 saturated heterocycles. The molecule has 56 valence electrons. The van der Waals surface area contributed by atoms with Crippen LogP contribution < -0.4 is 0 Å². The Morgan fingerprint density at radius 2 is 1.50 bits per heavy atom. The van der Waals surface area contributed by atoms with Crippen molar-refractivity contribution < 1.29 is 8.50 Å². The second kappa shape index (κ2) is 1.47. The molecule has 2 aliphatic heterocycles. The Bertz CT molecular complexity index is 188. The van der Waals surface area contributed by atoms with Crippen molar-refractivity contribution in [3.63, 3.8) is 0 Å². The van der Waals surface area contributed by atoms with Gasteiger partial charge in [-0.15, -0.1) is 0 Å². The predicted octanol–water partition coefficient (Wildman–Crippen LogP) is 0.919. The molecule has 0 N–H and O–H groups in total. The fourth-order valence-electron chi connectivity index (χ4n) is 1.70. The van der Waals surface area contributed by atoms with Crippen LogP contribution in [-0.4, -0.2) is 31.4 Å². The molecular weight excluding hydrogens is 189 g/mol. The first-order valence-electron chi connectivity index (χ1n) is 3.57. The van der Waals surface area contributed by atoms with Crippen LogP contribution in [0.4, 0.5) is 0 Å². The second-order valence-electron chi connectivity index (χ2n) is 4.01. The van der Waals surface area contributed by atoms with Gasteiger partial charge in [0.05, 0.1) is 0 Å². The SMILES string of the molecule is CC1(C)[O][Ge][C@]12OC2(C)C. The second-order valence-corrected chi connectivity index (χ2v) is 6.34. The van der Waals surface area contributed by atoms with Gasteiger partial charge in [0.25, 0.3) is 0 Å². The topological polar surface area (TPSA) is 21.8 Å². The first-order valence-corrected chi connectivity index (χ1v) is 5.47. The number of ether oxygens (including phenoxy) is 1. The van der Waals surface area contributed by atoms with Crippen LogP contribution in [0.2, 0.25) is 0 Å². The van der Waals surface area contributed by atoms with Gasteiger partial charge in [0, 0.05) is 0 Å². The van der Waals surface area contributed by atoms with Crippen molar-refractivity contribution in [1.82, 2.24) is 0 Å². The standard InChI is InChI=1S/C7H12GeO2/c1-5(2)7(9-5)6(3,4)10-8-7/h1-4H3/t7-/m1/s1. The van der Waals surface area contributed by atoms with Crippen molar-refractivity contribution in [1.29, 1.82) is 0 Å². The van der Waals surface area contributed by atoms with E-state index in [0.717, 1.165) is 0 Å². The molecule has 0 aromatic heterocycles. The van der Waals surface area contributed by atoms with Crippen molar-refractivity contribution in [2.45, 2.75) is 43.3 Å². The van der Waals surface area contributed by atoms with Gasteiger partial charge in [-0.2, -0.15) is 0 Å². The summed E-state index contributed by atoms with van der Waals surface area (Å²) in [7, 11) is 0. The molecule has 0 bridgehead atoms. The van der Waals surface area contributed by atoms with Crippen LogP contribution in [0.3, 0.4) is 0 Å². The zero-order valence-electron chi connectivity index (χ0n) is 6.82. The van der Waals surface area contributed by atoms with Crippen LogP contribution in [0.15, 0.2) is 0 Å². The molecular formula is C7H12GeO2. The fraction of sp³-hybridized carbons (Fsp3) is 1.00. The average Bonchev–Trinajstić information content (AvgIpc) is 2.36. The summed E-state index contributed by atoms with van der Waals surface area (Å²) in [6, 6.07) is 0. The number of epoxide rings is 1. The number of rotatable bonds is 0. The van der Waals surface area contributed by atoms with Crippen LogP contribution in [0.1, 0.15) is 27.7 Å². The van der Waals surface area contributed by atoms with E-state index in [4.69, 9.17) is 8.50 Å². The third kappa shape index (κ3) is 0.543. The van der Waals surface area contributed by atoms with Crippen LogP contribution in [0, 0.1) is 0 Å². The minimum atomic E-state index is -0.271. The van der Waals surface area contributed by atoms with Crippen LogP contribution in [0.25, 0.3) is 0 Å². The van der Waals surface area contributed by atoms with E-state index in [1.807, 2.05) is 0 Å². The average molecular weight is 201 g/mol. The van der Waals surface area contributed by atoms with Gasteiger partial charge in [0.1, 0.15) is 0 Å². The number of hydrogen-bond donors (Lipinski definition) is 0. The first kappa shape index (κ1) is 7.13. The Balaban J connectivity index is 2.23. The number of hydrogen-bond acceptors (Lipinski definition) is 2. The summed E-state index contributed by atoms with van der Waals surface area (Å²) in [5, 5.41) is 0. The van der Waals surface area contributed by atoms with Gasteiger partial charge >= 0.3 is 67.6 Å². The summed E-state index contributed by atoms with van der Waals surface area (Å²) in [5.74, 6) is 0. The van der Waals surface area contributed by atoms with Crippen LogP contribution >= 0.6 is 0 Å². The molecule has 10 heavy (non-hydrogen) atoms. The molecule has 2 aliphatic rings. The van der Waals surface area contributed by atoms with Gasteiger partial charge in [-0.3, -0.25) is 0 Å². The molecule has 0 aromatic rings. The Labute approximate surface area is 68.1 Å². The third-order valence-electron chi connectivity index (χ3n) is 2.51. The van der Waals surface area contributed by atoms with Gasteiger partial charge in [-0.05, 0) is 0 Å². The van der Waals surface area contributed by atoms with Gasteiger partial charge in [-0.1, -0.05) is 0 Å². The normalized spacial score (nSPS) is 46.8. The molecule has 0 saturated carbocycles. The molecule has 2 rings (SSSR count). The molecule has 2 radical (unpaired) electrons. The van der Waals surface area contributed by atoms with E-state index >= 15 is 0 Å². The maximum absolute atomic E-state index is 5.67. The zero-order valence-corrected chi connectivity index (χ0v) is 8.91. The van der Waals surface area contributed by atoms with E-state index in [-0.39, 0.29) is 31.4 Å². The zero-order chi connectivity index (χ0) is 7.62. The van der Waals surface area contributed by atoms with Gasteiger partial charge in [0.2, 0.25) is 0 Å². The van der Waals surface area contributed by atoms with Crippen LogP contribution in [-0.2, 0) is 8.50 Å². The fourth-order valence-corrected chi connectivity index (χ4v) is 4.29. The molecule has 2 nitrogen and oxygen atoms in total. The van der Waals surface area contributed by atoms with Crippen molar-refractivity contribution in [3.8, 4) is 0 Å². The summed E-state index contributed by atoms with van der Waals surface area (Å²) < 4.78 is 11.4. The van der Waals surface area contributed by atoms with E-state index in [1.54, 1.807) is 0 Å². The third-order valence-corrected chi connectivity index (χ3v) is 7.14. The molecule has 1 spiro atoms. The van der Waals surface area contributed by atoms with Crippen LogP contribution in [0.5, 0.6) is 0 Å². The first-order chi connectivity index (χ1) is 4.41. The Morgan fingerprint density at radius 1 is 1.00 bits per heavy atom. The van der Waals surface area contributed by atoms with Gasteiger partial charge in [0.15, 0.2) is 0 Å². The Kier molecular flexibility index (Phi) is 1.05. The van der Waals surface area contributed by atoms with Crippen molar-refractivity contribution in [2.24, 2.45) is 0 Å². The molecule has 0 aliphatic carbocycles. The predicted molar refractivity (Wildman–Crippen MR) is 38.8 cm³/mol. The molecule has 1 atom stereocenters. The molecule has 2 fully saturated rings. The Morgan fingerprint density at radius 3 is 1.50 bits per heavy atom. The maximum atomic E-state index is 5.67. The molecule has 2 heterocycles. The summed E-state index contributed by atoms with van der Waals surface area (Å²) in [6.07, 6.45) is 0. The van der Waals surface area contributed by atoms with Gasteiger partial charge < -0.3 is 0 Å². The van der Waals surface area contributed by atoms with Crippen molar-refractivity contribution >= 4 is 15.8 Å². The van der Waals surface area contributed by atoms with E-state index < -0.39 is 0 Å². The minimum absolute atomic E-state index is 0.00347.